The summed E-state index contributed by atoms with van der Waals surface area (Å²) in [6.07, 6.45) is -0.627. The van der Waals surface area contributed by atoms with Crippen molar-refractivity contribution in [3.05, 3.63) is 60.2 Å². The quantitative estimate of drug-likeness (QED) is 0.861. The summed E-state index contributed by atoms with van der Waals surface area (Å²) in [5.74, 6) is 0.437. The number of nitrogens with two attached hydrogens (primary N) is 1. The van der Waals surface area contributed by atoms with Crippen LogP contribution >= 0.6 is 12.2 Å². The van der Waals surface area contributed by atoms with Gasteiger partial charge in [-0.15, -0.1) is 0 Å². The van der Waals surface area contributed by atoms with Gasteiger partial charge in [-0.3, -0.25) is 0 Å². The smallest absolute Gasteiger partial charge is 0.410 e. The van der Waals surface area contributed by atoms with Crippen molar-refractivity contribution in [2.45, 2.75) is 6.92 Å². The molecule has 0 fully saturated rings. The molecule has 0 atom stereocenters. The van der Waals surface area contributed by atoms with Gasteiger partial charge in [0.2, 0.25) is 0 Å². The summed E-state index contributed by atoms with van der Waals surface area (Å²) >= 11 is 4.95. The highest BCUT2D eigenvalue weighted by atomic mass is 32.1. The van der Waals surface area contributed by atoms with Gasteiger partial charge < -0.3 is 10.5 Å². The Bertz CT molecular complexity index is 629. The third-order valence-corrected chi connectivity index (χ3v) is 2.89. The molecule has 4 nitrogen and oxygen atoms in total. The van der Waals surface area contributed by atoms with Crippen LogP contribution in [0.1, 0.15) is 5.56 Å². The third kappa shape index (κ3) is 3.13. The Morgan fingerprint density at radius 2 is 1.70 bits per heavy atom. The lowest BCUT2D eigenvalue weighted by Crippen LogP contribution is -2.42. The van der Waals surface area contributed by atoms with E-state index in [1.807, 2.05) is 31.2 Å². The van der Waals surface area contributed by atoms with Gasteiger partial charge in [-0.2, -0.15) is 0 Å². The van der Waals surface area contributed by atoms with Crippen LogP contribution in [-0.2, 0) is 0 Å². The zero-order valence-corrected chi connectivity index (χ0v) is 11.8. The summed E-state index contributed by atoms with van der Waals surface area (Å²) in [6, 6.07) is 16.1. The van der Waals surface area contributed by atoms with Gasteiger partial charge in [-0.25, -0.2) is 9.69 Å². The minimum Gasteiger partial charge on any atom is -0.410 e. The molecule has 102 valence electrons. The van der Waals surface area contributed by atoms with Crippen molar-refractivity contribution in [1.29, 1.82) is 0 Å². The highest BCUT2D eigenvalue weighted by Gasteiger charge is 2.22. The predicted octanol–water partition coefficient (Wildman–Crippen LogP) is 3.24. The van der Waals surface area contributed by atoms with Crippen LogP contribution in [0.5, 0.6) is 5.75 Å². The van der Waals surface area contributed by atoms with E-state index in [2.05, 4.69) is 0 Å². The van der Waals surface area contributed by atoms with E-state index < -0.39 is 6.09 Å². The first kappa shape index (κ1) is 14.0. The first-order chi connectivity index (χ1) is 9.59. The Balaban J connectivity index is 2.28. The highest BCUT2D eigenvalue weighted by molar-refractivity contribution is 7.80. The molecule has 20 heavy (non-hydrogen) atoms. The Labute approximate surface area is 122 Å². The van der Waals surface area contributed by atoms with E-state index in [1.54, 1.807) is 30.3 Å². The van der Waals surface area contributed by atoms with Crippen molar-refractivity contribution >= 4 is 29.1 Å². The first-order valence-electron chi connectivity index (χ1n) is 6.01. The number of ether oxygens (including phenoxy) is 1. The van der Waals surface area contributed by atoms with Gasteiger partial charge >= 0.3 is 6.09 Å². The van der Waals surface area contributed by atoms with Crippen LogP contribution in [0.4, 0.5) is 10.5 Å². The van der Waals surface area contributed by atoms with Crippen LogP contribution in [0.25, 0.3) is 0 Å². The summed E-state index contributed by atoms with van der Waals surface area (Å²) in [5, 5.41) is -0.0553. The molecular weight excluding hydrogens is 272 g/mol. The molecule has 0 aliphatic heterocycles. The lowest BCUT2D eigenvalue weighted by Gasteiger charge is -2.21. The standard InChI is InChI=1S/C15H14N2O2S/c1-11-7-5-6-10-13(11)17(14(16)20)15(18)19-12-8-3-2-4-9-12/h2-10H,1H3,(H2,16,20). The van der Waals surface area contributed by atoms with Crippen molar-refractivity contribution in [2.75, 3.05) is 4.90 Å². The number of aryl methyl sites for hydroxylation is 1. The Morgan fingerprint density at radius 1 is 1.10 bits per heavy atom. The molecule has 0 radical (unpaired) electrons. The Hall–Kier alpha value is -2.40. The number of thiocarbonyl (C=S) groups is 1. The predicted molar refractivity (Wildman–Crippen MR) is 82.9 cm³/mol. The van der Waals surface area contributed by atoms with E-state index in [0.717, 1.165) is 5.56 Å². The first-order valence-corrected chi connectivity index (χ1v) is 6.42. The zero-order valence-electron chi connectivity index (χ0n) is 10.9. The second kappa shape index (κ2) is 6.16. The molecule has 0 aliphatic rings. The lowest BCUT2D eigenvalue weighted by molar-refractivity contribution is 0.211. The van der Waals surface area contributed by atoms with Crippen LogP contribution in [0, 0.1) is 6.92 Å². The fraction of sp³-hybridized carbons (Fsp3) is 0.0667. The van der Waals surface area contributed by atoms with E-state index >= 15 is 0 Å². The van der Waals surface area contributed by atoms with Crippen LogP contribution in [-0.4, -0.2) is 11.2 Å². The number of rotatable bonds is 2. The average molecular weight is 286 g/mol. The van der Waals surface area contributed by atoms with E-state index in [9.17, 15) is 4.79 Å². The third-order valence-electron chi connectivity index (χ3n) is 2.71. The maximum atomic E-state index is 12.2. The summed E-state index contributed by atoms with van der Waals surface area (Å²) in [6.45, 7) is 1.87. The van der Waals surface area contributed by atoms with Gasteiger partial charge in [0.05, 0.1) is 5.69 Å². The van der Waals surface area contributed by atoms with Crippen molar-refractivity contribution in [1.82, 2.24) is 0 Å². The average Bonchev–Trinajstić information content (AvgIpc) is 2.42. The number of benzene rings is 2. The molecule has 0 aliphatic carbocycles. The molecule has 2 aromatic rings. The topological polar surface area (TPSA) is 55.6 Å². The number of para-hydroxylation sites is 2. The fourth-order valence-electron chi connectivity index (χ4n) is 1.76. The Kier molecular flexibility index (Phi) is 4.32. The van der Waals surface area contributed by atoms with E-state index in [0.29, 0.717) is 11.4 Å². The molecule has 0 saturated heterocycles. The molecule has 0 bridgehead atoms. The van der Waals surface area contributed by atoms with Crippen LogP contribution < -0.4 is 15.4 Å². The number of nitrogens with zero attached hydrogens (tertiary/aromatic N) is 1. The molecule has 1 amide bonds. The maximum absolute atomic E-state index is 12.2. The summed E-state index contributed by atoms with van der Waals surface area (Å²) in [4.78, 5) is 13.4. The van der Waals surface area contributed by atoms with Crippen LogP contribution in [0.15, 0.2) is 54.6 Å². The van der Waals surface area contributed by atoms with Gasteiger partial charge in [0.15, 0.2) is 5.11 Å². The number of anilines is 1. The van der Waals surface area contributed by atoms with Gasteiger partial charge in [0, 0.05) is 0 Å². The van der Waals surface area contributed by atoms with Gasteiger partial charge in [-0.05, 0) is 42.9 Å². The van der Waals surface area contributed by atoms with Crippen molar-refractivity contribution in [2.24, 2.45) is 5.73 Å². The molecule has 0 heterocycles. The Morgan fingerprint density at radius 3 is 2.30 bits per heavy atom. The monoisotopic (exact) mass is 286 g/mol. The largest absolute Gasteiger partial charge is 0.426 e. The fourth-order valence-corrected chi connectivity index (χ4v) is 1.93. The normalized spacial score (nSPS) is 9.85. The van der Waals surface area contributed by atoms with Gasteiger partial charge in [0.1, 0.15) is 5.75 Å². The molecule has 2 rings (SSSR count). The van der Waals surface area contributed by atoms with Gasteiger partial charge in [0.25, 0.3) is 0 Å². The molecular formula is C15H14N2O2S. The van der Waals surface area contributed by atoms with Crippen LogP contribution in [0.3, 0.4) is 0 Å². The molecule has 2 aromatic carbocycles. The summed E-state index contributed by atoms with van der Waals surface area (Å²) in [7, 11) is 0. The lowest BCUT2D eigenvalue weighted by atomic mass is 10.2. The van der Waals surface area contributed by atoms with Crippen molar-refractivity contribution in [3.63, 3.8) is 0 Å². The number of hydrogen-bond donors (Lipinski definition) is 1. The highest BCUT2D eigenvalue weighted by Crippen LogP contribution is 2.21. The SMILES string of the molecule is Cc1ccccc1N(C(=O)Oc1ccccc1)C(N)=S. The molecule has 0 aromatic heterocycles. The molecule has 2 N–H and O–H groups in total. The minimum atomic E-state index is -0.627. The van der Waals surface area contributed by atoms with Crippen molar-refractivity contribution in [3.8, 4) is 5.75 Å². The number of amides is 1. The molecule has 0 spiro atoms. The van der Waals surface area contributed by atoms with E-state index in [4.69, 9.17) is 22.7 Å². The van der Waals surface area contributed by atoms with E-state index in [-0.39, 0.29) is 5.11 Å². The second-order valence-corrected chi connectivity index (χ2v) is 4.56. The van der Waals surface area contributed by atoms with E-state index in [1.165, 1.54) is 4.90 Å². The van der Waals surface area contributed by atoms with Crippen molar-refractivity contribution < 1.29 is 9.53 Å². The minimum absolute atomic E-state index is 0.0553. The number of carbonyl (C=O) groups excluding carboxylic acids is 1. The molecule has 0 unspecified atom stereocenters. The summed E-state index contributed by atoms with van der Waals surface area (Å²) in [5.41, 5.74) is 7.14. The maximum Gasteiger partial charge on any atom is 0.426 e. The molecule has 0 saturated carbocycles. The van der Waals surface area contributed by atoms with Crippen LogP contribution in [0.2, 0.25) is 0 Å². The van der Waals surface area contributed by atoms with Gasteiger partial charge in [-0.1, -0.05) is 36.4 Å². The number of hydrogen-bond acceptors (Lipinski definition) is 3. The molecule has 5 heteroatoms. The number of carbonyl (C=O) groups is 1. The second-order valence-electron chi connectivity index (χ2n) is 4.14. The zero-order chi connectivity index (χ0) is 14.5. The summed E-state index contributed by atoms with van der Waals surface area (Å²) < 4.78 is 5.27.